The summed E-state index contributed by atoms with van der Waals surface area (Å²) in [5.41, 5.74) is 3.28. The molecule has 1 aliphatic carbocycles. The van der Waals surface area contributed by atoms with Crippen LogP contribution in [0.5, 0.6) is 0 Å². The highest BCUT2D eigenvalue weighted by atomic mass is 16.3. The third kappa shape index (κ3) is 2.76. The highest BCUT2D eigenvalue weighted by Crippen LogP contribution is 2.33. The van der Waals surface area contributed by atoms with Gasteiger partial charge in [-0.2, -0.15) is 0 Å². The molecular formula is C18H22N4O2. The first kappa shape index (κ1) is 15.5. The van der Waals surface area contributed by atoms with Crippen molar-refractivity contribution < 1.29 is 10.2 Å². The Morgan fingerprint density at radius 1 is 1.25 bits per heavy atom. The van der Waals surface area contributed by atoms with Crippen molar-refractivity contribution in [3.8, 4) is 11.4 Å². The number of rotatable bonds is 3. The number of aliphatic hydroxyl groups is 2. The molecule has 0 aromatic carbocycles. The first-order valence-corrected chi connectivity index (χ1v) is 8.60. The van der Waals surface area contributed by atoms with Crippen LogP contribution in [-0.4, -0.2) is 51.0 Å². The number of aromatic nitrogens is 3. The average molecular weight is 326 g/mol. The monoisotopic (exact) mass is 326 g/mol. The molecule has 2 aliphatic rings. The van der Waals surface area contributed by atoms with Crippen LogP contribution < -0.4 is 4.90 Å². The third-order valence-electron chi connectivity index (χ3n) is 5.06. The van der Waals surface area contributed by atoms with E-state index in [1.807, 2.05) is 12.1 Å². The fraction of sp³-hybridized carbons (Fsp3) is 0.500. The van der Waals surface area contributed by atoms with Crippen LogP contribution in [0, 0.1) is 5.92 Å². The molecular weight excluding hydrogens is 304 g/mol. The number of fused-ring (bicyclic) bond motifs is 1. The number of aryl methyl sites for hydroxylation is 1. The minimum Gasteiger partial charge on any atom is -0.396 e. The van der Waals surface area contributed by atoms with Crippen molar-refractivity contribution in [3.05, 3.63) is 35.8 Å². The number of piperidine rings is 1. The first-order chi connectivity index (χ1) is 11.8. The Hall–Kier alpha value is -2.05. The lowest BCUT2D eigenvalue weighted by Crippen LogP contribution is -2.45. The minimum atomic E-state index is -0.432. The zero-order chi connectivity index (χ0) is 16.5. The largest absolute Gasteiger partial charge is 0.396 e. The van der Waals surface area contributed by atoms with E-state index in [1.54, 1.807) is 12.4 Å². The first-order valence-electron chi connectivity index (χ1n) is 8.60. The van der Waals surface area contributed by atoms with E-state index in [0.29, 0.717) is 18.8 Å². The summed E-state index contributed by atoms with van der Waals surface area (Å²) in [4.78, 5) is 16.0. The van der Waals surface area contributed by atoms with E-state index in [0.717, 1.165) is 42.9 Å². The Balaban J connectivity index is 1.73. The van der Waals surface area contributed by atoms with Gasteiger partial charge in [-0.05, 0) is 37.8 Å². The lowest BCUT2D eigenvalue weighted by molar-refractivity contribution is 0.0523. The quantitative estimate of drug-likeness (QED) is 0.882. The van der Waals surface area contributed by atoms with E-state index in [9.17, 15) is 10.2 Å². The van der Waals surface area contributed by atoms with Gasteiger partial charge >= 0.3 is 0 Å². The molecule has 3 heterocycles. The number of pyridine rings is 1. The Kier molecular flexibility index (Phi) is 4.16. The van der Waals surface area contributed by atoms with Crippen molar-refractivity contribution >= 4 is 5.82 Å². The molecule has 0 bridgehead atoms. The molecule has 6 heteroatoms. The van der Waals surface area contributed by atoms with Gasteiger partial charge < -0.3 is 15.1 Å². The Morgan fingerprint density at radius 2 is 2.17 bits per heavy atom. The number of nitrogens with zero attached hydrogens (tertiary/aromatic N) is 4. The van der Waals surface area contributed by atoms with Gasteiger partial charge in [-0.25, -0.2) is 9.97 Å². The molecule has 2 unspecified atom stereocenters. The Morgan fingerprint density at radius 3 is 2.96 bits per heavy atom. The molecule has 2 N–H and O–H groups in total. The molecule has 2 atom stereocenters. The fourth-order valence-corrected chi connectivity index (χ4v) is 3.69. The van der Waals surface area contributed by atoms with Gasteiger partial charge in [0.1, 0.15) is 5.82 Å². The lowest BCUT2D eigenvalue weighted by atomic mass is 9.95. The summed E-state index contributed by atoms with van der Waals surface area (Å²) in [6.07, 6.45) is 6.85. The van der Waals surface area contributed by atoms with Crippen molar-refractivity contribution in [2.75, 3.05) is 24.6 Å². The van der Waals surface area contributed by atoms with Gasteiger partial charge in [0, 0.05) is 48.2 Å². The summed E-state index contributed by atoms with van der Waals surface area (Å²) in [5.74, 6) is 1.57. The van der Waals surface area contributed by atoms with Crippen LogP contribution in [0.15, 0.2) is 24.5 Å². The van der Waals surface area contributed by atoms with Crippen molar-refractivity contribution in [3.63, 3.8) is 0 Å². The lowest BCUT2D eigenvalue weighted by Gasteiger charge is -2.37. The summed E-state index contributed by atoms with van der Waals surface area (Å²) >= 11 is 0. The van der Waals surface area contributed by atoms with E-state index in [-0.39, 0.29) is 12.5 Å². The highest BCUT2D eigenvalue weighted by molar-refractivity contribution is 5.61. The maximum atomic E-state index is 10.0. The molecule has 126 valence electrons. The Bertz CT molecular complexity index is 722. The minimum absolute atomic E-state index is 0.000400. The van der Waals surface area contributed by atoms with Crippen LogP contribution in [0.25, 0.3) is 11.4 Å². The van der Waals surface area contributed by atoms with Gasteiger partial charge in [-0.1, -0.05) is 0 Å². The predicted molar refractivity (Wildman–Crippen MR) is 90.7 cm³/mol. The SMILES string of the molecule is OCC1CN(c2nc(-c3cccnc3)nc3c2CCC3)CCC1O. The normalized spacial score (nSPS) is 23.3. The van der Waals surface area contributed by atoms with E-state index in [4.69, 9.17) is 9.97 Å². The molecule has 2 aromatic heterocycles. The zero-order valence-electron chi connectivity index (χ0n) is 13.6. The van der Waals surface area contributed by atoms with E-state index in [1.165, 1.54) is 5.56 Å². The molecule has 6 nitrogen and oxygen atoms in total. The standard InChI is InChI=1S/C18H22N4O2/c23-11-13-10-22(8-6-16(13)24)18-14-4-1-5-15(14)20-17(21-18)12-3-2-7-19-9-12/h2-3,7,9,13,16,23-24H,1,4-6,8,10-11H2. The maximum absolute atomic E-state index is 10.0. The van der Waals surface area contributed by atoms with Crippen molar-refractivity contribution in [1.29, 1.82) is 0 Å². The maximum Gasteiger partial charge on any atom is 0.163 e. The highest BCUT2D eigenvalue weighted by Gasteiger charge is 2.31. The van der Waals surface area contributed by atoms with E-state index in [2.05, 4.69) is 9.88 Å². The second-order valence-corrected chi connectivity index (χ2v) is 6.64. The van der Waals surface area contributed by atoms with Crippen LogP contribution in [-0.2, 0) is 12.8 Å². The second-order valence-electron chi connectivity index (χ2n) is 6.64. The molecule has 0 saturated carbocycles. The number of hydrogen-bond donors (Lipinski definition) is 2. The van der Waals surface area contributed by atoms with Crippen LogP contribution in [0.3, 0.4) is 0 Å². The van der Waals surface area contributed by atoms with Crippen molar-refractivity contribution in [2.45, 2.75) is 31.8 Å². The van der Waals surface area contributed by atoms with Gasteiger partial charge in [0.2, 0.25) is 0 Å². The van der Waals surface area contributed by atoms with Gasteiger partial charge in [0.25, 0.3) is 0 Å². The summed E-state index contributed by atoms with van der Waals surface area (Å²) in [6, 6.07) is 3.87. The predicted octanol–water partition coefficient (Wildman–Crippen LogP) is 1.21. The van der Waals surface area contributed by atoms with E-state index >= 15 is 0 Å². The van der Waals surface area contributed by atoms with Gasteiger partial charge in [-0.15, -0.1) is 0 Å². The van der Waals surface area contributed by atoms with Crippen LogP contribution in [0.4, 0.5) is 5.82 Å². The van der Waals surface area contributed by atoms with Gasteiger partial charge in [0.15, 0.2) is 5.82 Å². The fourth-order valence-electron chi connectivity index (χ4n) is 3.69. The molecule has 0 radical (unpaired) electrons. The summed E-state index contributed by atoms with van der Waals surface area (Å²) in [6.45, 7) is 1.39. The molecule has 1 saturated heterocycles. The van der Waals surface area contributed by atoms with E-state index < -0.39 is 6.10 Å². The molecule has 1 aliphatic heterocycles. The van der Waals surface area contributed by atoms with Gasteiger partial charge in [0.05, 0.1) is 12.7 Å². The summed E-state index contributed by atoms with van der Waals surface area (Å²) in [7, 11) is 0. The second kappa shape index (κ2) is 6.45. The molecule has 2 aromatic rings. The van der Waals surface area contributed by atoms with Gasteiger partial charge in [-0.3, -0.25) is 4.98 Å². The molecule has 4 rings (SSSR count). The zero-order valence-corrected chi connectivity index (χ0v) is 13.6. The van der Waals surface area contributed by atoms with Crippen LogP contribution in [0.1, 0.15) is 24.1 Å². The number of anilines is 1. The topological polar surface area (TPSA) is 82.4 Å². The number of aliphatic hydroxyl groups excluding tert-OH is 2. The third-order valence-corrected chi connectivity index (χ3v) is 5.06. The Labute approximate surface area is 141 Å². The smallest absolute Gasteiger partial charge is 0.163 e. The van der Waals surface area contributed by atoms with Crippen molar-refractivity contribution in [1.82, 2.24) is 15.0 Å². The van der Waals surface area contributed by atoms with Crippen LogP contribution >= 0.6 is 0 Å². The van der Waals surface area contributed by atoms with Crippen molar-refractivity contribution in [2.24, 2.45) is 5.92 Å². The average Bonchev–Trinajstić information content (AvgIpc) is 3.11. The van der Waals surface area contributed by atoms with Crippen LogP contribution in [0.2, 0.25) is 0 Å². The summed E-state index contributed by atoms with van der Waals surface area (Å²) < 4.78 is 0. The molecule has 1 fully saturated rings. The number of hydrogen-bond acceptors (Lipinski definition) is 6. The molecule has 24 heavy (non-hydrogen) atoms. The summed E-state index contributed by atoms with van der Waals surface area (Å²) in [5, 5.41) is 19.6. The molecule has 0 spiro atoms. The molecule has 0 amide bonds.